The highest BCUT2D eigenvalue weighted by Crippen LogP contribution is 2.24. The Kier molecular flexibility index (Phi) is 3.38. The Labute approximate surface area is 81.3 Å². The summed E-state index contributed by atoms with van der Waals surface area (Å²) in [6.45, 7) is -1.32. The van der Waals surface area contributed by atoms with Crippen molar-refractivity contribution < 1.29 is 17.9 Å². The molecule has 0 N–H and O–H groups in total. The number of hydrogen-bond donors (Lipinski definition) is 0. The van der Waals surface area contributed by atoms with Crippen molar-refractivity contribution in [3.8, 4) is 5.19 Å². The number of alkyl halides is 4. The predicted octanol–water partition coefficient (Wildman–Crippen LogP) is 2.82. The van der Waals surface area contributed by atoms with Crippen LogP contribution in [0.1, 0.15) is 4.88 Å². The summed E-state index contributed by atoms with van der Waals surface area (Å²) in [6, 6.07) is 0. The van der Waals surface area contributed by atoms with Crippen LogP contribution in [-0.4, -0.2) is 17.8 Å². The lowest BCUT2D eigenvalue weighted by Crippen LogP contribution is -2.19. The Morgan fingerprint density at radius 1 is 1.54 bits per heavy atom. The normalized spacial score (nSPS) is 11.7. The molecule has 1 aromatic heterocycles. The quantitative estimate of drug-likeness (QED) is 0.747. The van der Waals surface area contributed by atoms with Crippen LogP contribution >= 0.6 is 22.9 Å². The molecule has 7 heteroatoms. The molecule has 1 heterocycles. The van der Waals surface area contributed by atoms with E-state index in [-0.39, 0.29) is 11.1 Å². The average Bonchev–Trinajstić information content (AvgIpc) is 2.47. The fourth-order valence-electron chi connectivity index (χ4n) is 0.562. The number of rotatable bonds is 3. The van der Waals surface area contributed by atoms with Crippen molar-refractivity contribution in [1.82, 2.24) is 4.98 Å². The average molecular weight is 232 g/mol. The van der Waals surface area contributed by atoms with Crippen LogP contribution in [0.15, 0.2) is 6.20 Å². The molecule has 0 amide bonds. The molecule has 0 atom stereocenters. The summed E-state index contributed by atoms with van der Waals surface area (Å²) in [4.78, 5) is 4.28. The summed E-state index contributed by atoms with van der Waals surface area (Å²) in [7, 11) is 0. The van der Waals surface area contributed by atoms with Crippen LogP contribution in [-0.2, 0) is 5.88 Å². The van der Waals surface area contributed by atoms with Crippen molar-refractivity contribution >= 4 is 22.9 Å². The van der Waals surface area contributed by atoms with Crippen molar-refractivity contribution in [1.29, 1.82) is 0 Å². The maximum absolute atomic E-state index is 11.7. The molecular weight excluding hydrogens is 227 g/mol. The van der Waals surface area contributed by atoms with E-state index in [1.54, 1.807) is 0 Å². The molecule has 74 valence electrons. The maximum Gasteiger partial charge on any atom is 0.422 e. The summed E-state index contributed by atoms with van der Waals surface area (Å²) in [6.07, 6.45) is -2.93. The van der Waals surface area contributed by atoms with Gasteiger partial charge in [-0.05, 0) is 0 Å². The lowest BCUT2D eigenvalue weighted by Gasteiger charge is -2.05. The number of hydrogen-bond acceptors (Lipinski definition) is 3. The third kappa shape index (κ3) is 3.82. The van der Waals surface area contributed by atoms with Crippen molar-refractivity contribution in [2.24, 2.45) is 0 Å². The zero-order valence-corrected chi connectivity index (χ0v) is 7.84. The van der Waals surface area contributed by atoms with Crippen molar-refractivity contribution in [3.63, 3.8) is 0 Å². The first kappa shape index (κ1) is 10.6. The summed E-state index contributed by atoms with van der Waals surface area (Å²) in [5, 5.41) is -0.00650. The smallest absolute Gasteiger partial charge is 0.422 e. The van der Waals surface area contributed by atoms with Crippen LogP contribution in [0.25, 0.3) is 0 Å². The molecule has 0 fully saturated rings. The first-order valence-corrected chi connectivity index (χ1v) is 4.56. The van der Waals surface area contributed by atoms with E-state index in [1.807, 2.05) is 0 Å². The number of halogens is 4. The lowest BCUT2D eigenvalue weighted by atomic mass is 10.6. The molecule has 0 saturated heterocycles. The molecule has 0 saturated carbocycles. The lowest BCUT2D eigenvalue weighted by molar-refractivity contribution is -0.153. The van der Waals surface area contributed by atoms with E-state index in [0.29, 0.717) is 4.88 Å². The van der Waals surface area contributed by atoms with E-state index in [2.05, 4.69) is 9.72 Å². The fraction of sp³-hybridized carbons (Fsp3) is 0.500. The molecule has 0 spiro atoms. The molecule has 0 bridgehead atoms. The fourth-order valence-corrected chi connectivity index (χ4v) is 1.40. The molecule has 0 aliphatic rings. The van der Waals surface area contributed by atoms with Gasteiger partial charge < -0.3 is 4.74 Å². The van der Waals surface area contributed by atoms with Crippen LogP contribution in [0.5, 0.6) is 5.19 Å². The van der Waals surface area contributed by atoms with Gasteiger partial charge in [-0.1, -0.05) is 11.3 Å². The second-order valence-electron chi connectivity index (χ2n) is 2.13. The Morgan fingerprint density at radius 2 is 2.23 bits per heavy atom. The summed E-state index contributed by atoms with van der Waals surface area (Å²) in [5.74, 6) is 0.229. The molecule has 1 aromatic rings. The Balaban J connectivity index is 2.46. The third-order valence-corrected chi connectivity index (χ3v) is 2.38. The molecule has 0 radical (unpaired) electrons. The molecule has 1 rings (SSSR count). The number of thiazole rings is 1. The molecule has 0 unspecified atom stereocenters. The van der Waals surface area contributed by atoms with E-state index >= 15 is 0 Å². The van der Waals surface area contributed by atoms with Gasteiger partial charge in [0.25, 0.3) is 5.19 Å². The third-order valence-electron chi connectivity index (χ3n) is 1.02. The van der Waals surface area contributed by atoms with Gasteiger partial charge in [0.05, 0.1) is 5.88 Å². The minimum atomic E-state index is -4.33. The van der Waals surface area contributed by atoms with Crippen LogP contribution in [0, 0.1) is 0 Å². The van der Waals surface area contributed by atoms with Crippen molar-refractivity contribution in [2.75, 3.05) is 6.61 Å². The van der Waals surface area contributed by atoms with E-state index in [9.17, 15) is 13.2 Å². The van der Waals surface area contributed by atoms with E-state index in [1.165, 1.54) is 6.20 Å². The summed E-state index contributed by atoms with van der Waals surface area (Å²) >= 11 is 6.43. The summed E-state index contributed by atoms with van der Waals surface area (Å²) < 4.78 is 39.3. The SMILES string of the molecule is FC(F)(F)COc1ncc(CCl)s1. The van der Waals surface area contributed by atoms with E-state index in [4.69, 9.17) is 11.6 Å². The van der Waals surface area contributed by atoms with E-state index < -0.39 is 12.8 Å². The van der Waals surface area contributed by atoms with Crippen LogP contribution < -0.4 is 4.74 Å². The van der Waals surface area contributed by atoms with Gasteiger partial charge in [0.2, 0.25) is 0 Å². The molecule has 0 aliphatic carbocycles. The largest absolute Gasteiger partial charge is 0.460 e. The topological polar surface area (TPSA) is 22.1 Å². The van der Waals surface area contributed by atoms with Crippen LogP contribution in [0.2, 0.25) is 0 Å². The minimum Gasteiger partial charge on any atom is -0.460 e. The Morgan fingerprint density at radius 3 is 2.69 bits per heavy atom. The highest BCUT2D eigenvalue weighted by atomic mass is 35.5. The molecule has 0 aliphatic heterocycles. The highest BCUT2D eigenvalue weighted by Gasteiger charge is 2.28. The second-order valence-corrected chi connectivity index (χ2v) is 3.47. The first-order valence-electron chi connectivity index (χ1n) is 3.21. The minimum absolute atomic E-state index is 0.00650. The van der Waals surface area contributed by atoms with Crippen LogP contribution in [0.3, 0.4) is 0 Å². The van der Waals surface area contributed by atoms with Gasteiger partial charge in [0.15, 0.2) is 6.61 Å². The van der Waals surface area contributed by atoms with Gasteiger partial charge >= 0.3 is 6.18 Å². The van der Waals surface area contributed by atoms with Crippen LogP contribution in [0.4, 0.5) is 13.2 Å². The molecule has 2 nitrogen and oxygen atoms in total. The predicted molar refractivity (Wildman–Crippen MR) is 43.2 cm³/mol. The van der Waals surface area contributed by atoms with Gasteiger partial charge in [-0.25, -0.2) is 4.98 Å². The van der Waals surface area contributed by atoms with Crippen molar-refractivity contribution in [2.45, 2.75) is 12.1 Å². The zero-order chi connectivity index (χ0) is 9.90. The number of nitrogens with zero attached hydrogens (tertiary/aromatic N) is 1. The molecule has 0 aromatic carbocycles. The Bertz CT molecular complexity index is 275. The number of aromatic nitrogens is 1. The van der Waals surface area contributed by atoms with Gasteiger partial charge in [-0.15, -0.1) is 11.6 Å². The maximum atomic E-state index is 11.7. The zero-order valence-electron chi connectivity index (χ0n) is 6.27. The van der Waals surface area contributed by atoms with E-state index in [0.717, 1.165) is 11.3 Å². The van der Waals surface area contributed by atoms with Gasteiger partial charge in [-0.2, -0.15) is 13.2 Å². The molecular formula is C6H5ClF3NOS. The number of ether oxygens (including phenoxy) is 1. The standard InChI is InChI=1S/C6H5ClF3NOS/c7-1-4-2-11-5(13-4)12-3-6(8,9)10/h2H,1,3H2. The molecule has 13 heavy (non-hydrogen) atoms. The second kappa shape index (κ2) is 4.15. The summed E-state index contributed by atoms with van der Waals surface area (Å²) in [5.41, 5.74) is 0. The first-order chi connectivity index (χ1) is 6.01. The van der Waals surface area contributed by atoms with Crippen molar-refractivity contribution in [3.05, 3.63) is 11.1 Å². The van der Waals surface area contributed by atoms with Gasteiger partial charge in [0, 0.05) is 11.1 Å². The van der Waals surface area contributed by atoms with Gasteiger partial charge in [-0.3, -0.25) is 0 Å². The monoisotopic (exact) mass is 231 g/mol. The highest BCUT2D eigenvalue weighted by molar-refractivity contribution is 7.13. The Hall–Kier alpha value is -0.490. The van der Waals surface area contributed by atoms with Gasteiger partial charge in [0.1, 0.15) is 0 Å².